The molecular formula is C15H17ClF3N3OS. The number of para-hydroxylation sites is 1. The van der Waals surface area contributed by atoms with Crippen LogP contribution in [0.2, 0.25) is 0 Å². The monoisotopic (exact) mass is 379 g/mol. The van der Waals surface area contributed by atoms with Crippen molar-refractivity contribution in [2.75, 3.05) is 12.3 Å². The summed E-state index contributed by atoms with van der Waals surface area (Å²) < 4.78 is 37.2. The first kappa shape index (κ1) is 20.2. The van der Waals surface area contributed by atoms with Gasteiger partial charge in [-0.2, -0.15) is 13.2 Å². The molecule has 0 saturated carbocycles. The van der Waals surface area contributed by atoms with E-state index >= 15 is 0 Å². The van der Waals surface area contributed by atoms with Gasteiger partial charge in [0.2, 0.25) is 5.91 Å². The zero-order chi connectivity index (χ0) is 16.9. The summed E-state index contributed by atoms with van der Waals surface area (Å²) in [5, 5.41) is 4.01. The number of rotatable bonds is 6. The standard InChI is InChI=1S/C15H16F3N3OS.ClH/c16-15(17,18)12-9-23-14(21-12)7-8-20-13(22)6-5-10-3-1-2-4-11(10)19;/h1-4,9H,5-8,19H2,(H,20,22);1H. The fourth-order valence-corrected chi connectivity index (χ4v) is 2.77. The van der Waals surface area contributed by atoms with Crippen molar-refractivity contribution in [2.45, 2.75) is 25.4 Å². The van der Waals surface area contributed by atoms with Crippen LogP contribution in [0.5, 0.6) is 0 Å². The number of nitrogen functional groups attached to an aromatic ring is 1. The van der Waals surface area contributed by atoms with E-state index in [-0.39, 0.29) is 37.7 Å². The minimum atomic E-state index is -4.42. The van der Waals surface area contributed by atoms with Crippen LogP contribution in [0, 0.1) is 0 Å². The highest BCUT2D eigenvalue weighted by molar-refractivity contribution is 7.09. The van der Waals surface area contributed by atoms with Crippen molar-refractivity contribution >= 4 is 35.3 Å². The number of carbonyl (C=O) groups is 1. The Balaban J connectivity index is 0.00000288. The molecule has 9 heteroatoms. The van der Waals surface area contributed by atoms with Gasteiger partial charge in [-0.05, 0) is 18.1 Å². The lowest BCUT2D eigenvalue weighted by Crippen LogP contribution is -2.26. The number of carbonyl (C=O) groups excluding carboxylic acids is 1. The molecule has 132 valence electrons. The summed E-state index contributed by atoms with van der Waals surface area (Å²) in [6.07, 6.45) is -3.35. The van der Waals surface area contributed by atoms with Crippen molar-refractivity contribution in [1.29, 1.82) is 0 Å². The van der Waals surface area contributed by atoms with Crippen molar-refractivity contribution in [1.82, 2.24) is 10.3 Å². The topological polar surface area (TPSA) is 68.0 Å². The molecular weight excluding hydrogens is 363 g/mol. The van der Waals surface area contributed by atoms with Crippen LogP contribution in [0.15, 0.2) is 29.6 Å². The number of amides is 1. The molecule has 2 aromatic rings. The van der Waals surface area contributed by atoms with E-state index in [1.807, 2.05) is 18.2 Å². The number of halogens is 4. The van der Waals surface area contributed by atoms with Crippen LogP contribution in [-0.2, 0) is 23.8 Å². The molecule has 0 unspecified atom stereocenters. The average molecular weight is 380 g/mol. The van der Waals surface area contributed by atoms with Gasteiger partial charge in [0.1, 0.15) is 0 Å². The van der Waals surface area contributed by atoms with Crippen LogP contribution >= 0.6 is 23.7 Å². The second kappa shape index (κ2) is 8.89. The molecule has 24 heavy (non-hydrogen) atoms. The Morgan fingerprint density at radius 1 is 1.25 bits per heavy atom. The van der Waals surface area contributed by atoms with Crippen LogP contribution in [0.4, 0.5) is 18.9 Å². The van der Waals surface area contributed by atoms with Gasteiger partial charge in [0.15, 0.2) is 5.69 Å². The molecule has 1 heterocycles. The van der Waals surface area contributed by atoms with Gasteiger partial charge in [0.25, 0.3) is 0 Å². The Kier molecular flexibility index (Phi) is 7.50. The van der Waals surface area contributed by atoms with Gasteiger partial charge < -0.3 is 11.1 Å². The van der Waals surface area contributed by atoms with Crippen LogP contribution in [0.3, 0.4) is 0 Å². The number of aromatic nitrogens is 1. The first-order valence-electron chi connectivity index (χ1n) is 6.98. The SMILES string of the molecule is Cl.Nc1ccccc1CCC(=O)NCCc1nc(C(F)(F)F)cs1. The van der Waals surface area contributed by atoms with E-state index in [9.17, 15) is 18.0 Å². The lowest BCUT2D eigenvalue weighted by atomic mass is 10.1. The summed E-state index contributed by atoms with van der Waals surface area (Å²) in [6, 6.07) is 7.30. The highest BCUT2D eigenvalue weighted by Gasteiger charge is 2.33. The van der Waals surface area contributed by atoms with Crippen LogP contribution in [-0.4, -0.2) is 17.4 Å². The minimum absolute atomic E-state index is 0. The Morgan fingerprint density at radius 2 is 1.96 bits per heavy atom. The van der Waals surface area contributed by atoms with E-state index in [4.69, 9.17) is 5.73 Å². The van der Waals surface area contributed by atoms with E-state index < -0.39 is 11.9 Å². The van der Waals surface area contributed by atoms with Crippen LogP contribution < -0.4 is 11.1 Å². The van der Waals surface area contributed by atoms with Crippen LogP contribution in [0.25, 0.3) is 0 Å². The van der Waals surface area contributed by atoms with Crippen molar-refractivity contribution < 1.29 is 18.0 Å². The number of nitrogens with one attached hydrogen (secondary N) is 1. The molecule has 1 aromatic heterocycles. The Labute approximate surface area is 147 Å². The molecule has 0 bridgehead atoms. The molecule has 2 rings (SSSR count). The third-order valence-electron chi connectivity index (χ3n) is 3.18. The molecule has 1 aromatic carbocycles. The molecule has 3 N–H and O–H groups in total. The van der Waals surface area contributed by atoms with Crippen molar-refractivity contribution in [3.05, 3.63) is 45.9 Å². The quantitative estimate of drug-likeness (QED) is 0.755. The Hall–Kier alpha value is -1.80. The first-order chi connectivity index (χ1) is 10.9. The van der Waals surface area contributed by atoms with Gasteiger partial charge in [-0.1, -0.05) is 18.2 Å². The van der Waals surface area contributed by atoms with E-state index in [0.717, 1.165) is 22.3 Å². The number of anilines is 1. The van der Waals surface area contributed by atoms with Gasteiger partial charge in [0, 0.05) is 30.5 Å². The molecule has 0 spiro atoms. The molecule has 0 radical (unpaired) electrons. The predicted molar refractivity (Wildman–Crippen MR) is 90.3 cm³/mol. The number of thiazole rings is 1. The zero-order valence-corrected chi connectivity index (χ0v) is 14.2. The minimum Gasteiger partial charge on any atom is -0.399 e. The molecule has 1 amide bonds. The van der Waals surface area contributed by atoms with Gasteiger partial charge in [-0.15, -0.1) is 23.7 Å². The number of alkyl halides is 3. The van der Waals surface area contributed by atoms with Gasteiger partial charge in [0.05, 0.1) is 5.01 Å². The summed E-state index contributed by atoms with van der Waals surface area (Å²) in [6.45, 7) is 0.258. The maximum absolute atomic E-state index is 12.4. The second-order valence-corrected chi connectivity index (χ2v) is 5.87. The van der Waals surface area contributed by atoms with E-state index in [2.05, 4.69) is 10.3 Å². The number of hydrogen-bond acceptors (Lipinski definition) is 4. The van der Waals surface area contributed by atoms with E-state index in [0.29, 0.717) is 17.1 Å². The first-order valence-corrected chi connectivity index (χ1v) is 7.86. The molecule has 0 aliphatic heterocycles. The van der Waals surface area contributed by atoms with Crippen molar-refractivity contribution in [3.8, 4) is 0 Å². The number of nitrogens with zero attached hydrogens (tertiary/aromatic N) is 1. The van der Waals surface area contributed by atoms with Gasteiger partial charge in [-0.3, -0.25) is 4.79 Å². The fraction of sp³-hybridized carbons (Fsp3) is 0.333. The molecule has 0 atom stereocenters. The van der Waals surface area contributed by atoms with Crippen molar-refractivity contribution in [2.24, 2.45) is 0 Å². The highest BCUT2D eigenvalue weighted by atomic mass is 35.5. The fourth-order valence-electron chi connectivity index (χ4n) is 1.96. The largest absolute Gasteiger partial charge is 0.434 e. The molecule has 0 saturated heterocycles. The molecule has 0 aliphatic carbocycles. The average Bonchev–Trinajstić information content (AvgIpc) is 2.95. The van der Waals surface area contributed by atoms with Crippen molar-refractivity contribution in [3.63, 3.8) is 0 Å². The normalized spacial score (nSPS) is 11.0. The van der Waals surface area contributed by atoms with Crippen LogP contribution in [0.1, 0.15) is 22.7 Å². The number of nitrogens with two attached hydrogens (primary N) is 1. The van der Waals surface area contributed by atoms with Gasteiger partial charge in [-0.25, -0.2) is 4.98 Å². The summed E-state index contributed by atoms with van der Waals surface area (Å²) in [4.78, 5) is 15.2. The smallest absolute Gasteiger partial charge is 0.399 e. The highest BCUT2D eigenvalue weighted by Crippen LogP contribution is 2.29. The summed E-state index contributed by atoms with van der Waals surface area (Å²) in [7, 11) is 0. The summed E-state index contributed by atoms with van der Waals surface area (Å²) >= 11 is 0.941. The zero-order valence-electron chi connectivity index (χ0n) is 12.6. The van der Waals surface area contributed by atoms with Gasteiger partial charge >= 0.3 is 6.18 Å². The Morgan fingerprint density at radius 3 is 2.58 bits per heavy atom. The van der Waals surface area contributed by atoms with E-state index in [1.165, 1.54) is 0 Å². The maximum Gasteiger partial charge on any atom is 0.434 e. The summed E-state index contributed by atoms with van der Waals surface area (Å²) in [5.41, 5.74) is 6.45. The van der Waals surface area contributed by atoms with E-state index in [1.54, 1.807) is 6.07 Å². The third kappa shape index (κ3) is 6.01. The molecule has 0 fully saturated rings. The maximum atomic E-state index is 12.4. The number of benzene rings is 1. The lowest BCUT2D eigenvalue weighted by Gasteiger charge is -2.06. The predicted octanol–water partition coefficient (Wildman–Crippen LogP) is 3.46. The number of aryl methyl sites for hydroxylation is 1. The second-order valence-electron chi connectivity index (χ2n) is 4.92. The lowest BCUT2D eigenvalue weighted by molar-refractivity contribution is -0.140. The third-order valence-corrected chi connectivity index (χ3v) is 4.09. The Bertz CT molecular complexity index is 676. The molecule has 0 aliphatic rings. The molecule has 4 nitrogen and oxygen atoms in total. The number of hydrogen-bond donors (Lipinski definition) is 2. The summed E-state index contributed by atoms with van der Waals surface area (Å²) in [5.74, 6) is -0.166.